The first-order valence-electron chi connectivity index (χ1n) is 5.63. The molecule has 0 saturated carbocycles. The van der Waals surface area contributed by atoms with E-state index in [0.29, 0.717) is 0 Å². The van der Waals surface area contributed by atoms with Crippen LogP contribution in [0.3, 0.4) is 0 Å². The van der Waals surface area contributed by atoms with Crippen LogP contribution in [-0.2, 0) is 4.74 Å². The van der Waals surface area contributed by atoms with Gasteiger partial charge in [-0.05, 0) is 11.1 Å². The van der Waals surface area contributed by atoms with Crippen LogP contribution in [0.4, 0.5) is 0 Å². The molecule has 8 heteroatoms. The van der Waals surface area contributed by atoms with Crippen LogP contribution in [0.2, 0.25) is 0 Å². The molecule has 0 radical (unpaired) electrons. The molecule has 0 aliphatic carbocycles. The lowest BCUT2D eigenvalue weighted by Crippen LogP contribution is -2.33. The van der Waals surface area contributed by atoms with Gasteiger partial charge in [0.1, 0.15) is 12.3 Å². The van der Waals surface area contributed by atoms with E-state index in [1.165, 1.54) is 21.8 Å². The number of H-pyrrole nitrogens is 1. The van der Waals surface area contributed by atoms with Gasteiger partial charge in [-0.3, -0.25) is 14.3 Å². The van der Waals surface area contributed by atoms with Gasteiger partial charge in [-0.15, -0.1) is 0 Å². The summed E-state index contributed by atoms with van der Waals surface area (Å²) in [6, 6.07) is 0. The first-order valence-corrected chi connectivity index (χ1v) is 6.55. The lowest BCUT2D eigenvalue weighted by Gasteiger charge is -2.14. The summed E-state index contributed by atoms with van der Waals surface area (Å²) in [6.45, 7) is -0.329. The fourth-order valence-corrected chi connectivity index (χ4v) is 2.24. The molecule has 0 aromatic carbocycles. The molecule has 2 heterocycles. The fraction of sp³-hybridized carbons (Fsp3) is 0.455. The summed E-state index contributed by atoms with van der Waals surface area (Å²) in [5.41, 5.74) is -0.844. The van der Waals surface area contributed by atoms with Crippen LogP contribution in [0.25, 0.3) is 6.08 Å². The number of aliphatic hydroxyl groups excluding tert-OH is 2. The summed E-state index contributed by atoms with van der Waals surface area (Å²) in [4.78, 5) is 26.9. The molecule has 7 nitrogen and oxygen atoms in total. The number of nitrogens with zero attached hydrogens (tertiary/aromatic N) is 1. The van der Waals surface area contributed by atoms with E-state index >= 15 is 0 Å². The highest BCUT2D eigenvalue weighted by Crippen LogP contribution is 2.27. The molecule has 1 aromatic rings. The Hall–Kier alpha value is -1.22. The lowest BCUT2D eigenvalue weighted by molar-refractivity contribution is -0.0459. The average Bonchev–Trinajstić information content (AvgIpc) is 2.74. The van der Waals surface area contributed by atoms with Crippen LogP contribution < -0.4 is 11.2 Å². The summed E-state index contributed by atoms with van der Waals surface area (Å²) in [7, 11) is 0. The molecule has 2 rings (SSSR count). The van der Waals surface area contributed by atoms with Gasteiger partial charge in [-0.25, -0.2) is 4.79 Å². The minimum atomic E-state index is -0.844. The molecule has 0 amide bonds. The number of hydrogen-bond donors (Lipinski definition) is 3. The average molecular weight is 333 g/mol. The van der Waals surface area contributed by atoms with E-state index in [4.69, 9.17) is 9.84 Å². The second-order valence-electron chi connectivity index (χ2n) is 4.16. The van der Waals surface area contributed by atoms with Gasteiger partial charge in [-0.2, -0.15) is 0 Å². The Morgan fingerprint density at radius 3 is 2.89 bits per heavy atom. The minimum absolute atomic E-state index is 0.175. The van der Waals surface area contributed by atoms with Gasteiger partial charge >= 0.3 is 5.69 Å². The quantitative estimate of drug-likeness (QED) is 0.695. The predicted octanol–water partition coefficient (Wildman–Crippen LogP) is -0.457. The standard InChI is InChI=1S/C11H13BrN2O5/c12-2-1-6-4-14(11(18)13-10(6)17)9-3-7(16)8(5-15)19-9/h1-2,4,7-9,15-16H,3,5H2,(H,13,17,18)/b2-1+/t7-,8-,9-/m0/s1. The van der Waals surface area contributed by atoms with Crippen LogP contribution in [0.1, 0.15) is 18.2 Å². The van der Waals surface area contributed by atoms with E-state index in [1.54, 1.807) is 0 Å². The molecule has 1 fully saturated rings. The first kappa shape index (κ1) is 14.2. The topological polar surface area (TPSA) is 105 Å². The molecule has 1 saturated heterocycles. The van der Waals surface area contributed by atoms with E-state index in [1.807, 2.05) is 0 Å². The number of halogens is 1. The summed E-state index contributed by atoms with van der Waals surface area (Å²) in [6.07, 6.45) is 0.746. The molecule has 1 aliphatic rings. The van der Waals surface area contributed by atoms with Crippen LogP contribution in [-0.4, -0.2) is 38.6 Å². The van der Waals surface area contributed by atoms with Crippen molar-refractivity contribution < 1.29 is 14.9 Å². The zero-order chi connectivity index (χ0) is 14.0. The number of nitrogens with one attached hydrogen (secondary N) is 1. The highest BCUT2D eigenvalue weighted by Gasteiger charge is 2.35. The van der Waals surface area contributed by atoms with Crippen LogP contribution >= 0.6 is 15.9 Å². The van der Waals surface area contributed by atoms with Crippen molar-refractivity contribution in [1.82, 2.24) is 9.55 Å². The smallest absolute Gasteiger partial charge is 0.330 e. The van der Waals surface area contributed by atoms with Crippen molar-refractivity contribution in [3.05, 3.63) is 37.6 Å². The molecule has 19 heavy (non-hydrogen) atoms. The van der Waals surface area contributed by atoms with E-state index in [-0.39, 0.29) is 18.6 Å². The van der Waals surface area contributed by atoms with Crippen molar-refractivity contribution in [2.75, 3.05) is 6.61 Å². The Bertz CT molecular complexity index is 593. The maximum atomic E-state index is 11.7. The SMILES string of the molecule is O=c1[nH]c(=O)n([C@@H]2C[C@H](O)[C@H](CO)O2)cc1/C=C/Br. The maximum absolute atomic E-state index is 11.7. The summed E-state index contributed by atoms with van der Waals surface area (Å²) < 4.78 is 6.56. The van der Waals surface area contributed by atoms with Gasteiger partial charge in [0.15, 0.2) is 0 Å². The van der Waals surface area contributed by atoms with E-state index in [2.05, 4.69) is 20.9 Å². The van der Waals surface area contributed by atoms with Crippen molar-refractivity contribution in [2.24, 2.45) is 0 Å². The molecule has 0 spiro atoms. The third kappa shape index (κ3) is 2.86. The number of ether oxygens (including phenoxy) is 1. The Morgan fingerprint density at radius 1 is 1.58 bits per heavy atom. The number of hydrogen-bond acceptors (Lipinski definition) is 5. The molecule has 0 bridgehead atoms. The zero-order valence-corrected chi connectivity index (χ0v) is 11.4. The minimum Gasteiger partial charge on any atom is -0.394 e. The number of aliphatic hydroxyl groups is 2. The highest BCUT2D eigenvalue weighted by molar-refractivity contribution is 9.11. The monoisotopic (exact) mass is 332 g/mol. The lowest BCUT2D eigenvalue weighted by atomic mass is 10.2. The van der Waals surface area contributed by atoms with Gasteiger partial charge in [0.25, 0.3) is 5.56 Å². The van der Waals surface area contributed by atoms with Gasteiger partial charge in [0, 0.05) is 12.6 Å². The zero-order valence-electron chi connectivity index (χ0n) is 9.82. The third-order valence-corrected chi connectivity index (χ3v) is 3.20. The molecule has 3 atom stereocenters. The first-order chi connectivity index (χ1) is 9.06. The van der Waals surface area contributed by atoms with Gasteiger partial charge in [0.05, 0.1) is 18.3 Å². The number of rotatable bonds is 3. The van der Waals surface area contributed by atoms with Crippen LogP contribution in [0.15, 0.2) is 20.8 Å². The van der Waals surface area contributed by atoms with Crippen LogP contribution in [0.5, 0.6) is 0 Å². The van der Waals surface area contributed by atoms with Crippen molar-refractivity contribution in [3.63, 3.8) is 0 Å². The van der Waals surface area contributed by atoms with E-state index < -0.39 is 29.7 Å². The Balaban J connectivity index is 2.38. The molecule has 104 valence electrons. The molecule has 1 aromatic heterocycles. The second-order valence-corrected chi connectivity index (χ2v) is 4.69. The van der Waals surface area contributed by atoms with Crippen molar-refractivity contribution in [1.29, 1.82) is 0 Å². The highest BCUT2D eigenvalue weighted by atomic mass is 79.9. The fourth-order valence-electron chi connectivity index (χ4n) is 1.95. The molecule has 3 N–H and O–H groups in total. The summed E-state index contributed by atoms with van der Waals surface area (Å²) >= 11 is 3.05. The number of aromatic amines is 1. The van der Waals surface area contributed by atoms with Crippen molar-refractivity contribution in [2.45, 2.75) is 24.9 Å². The predicted molar refractivity (Wildman–Crippen MR) is 70.9 cm³/mol. The summed E-state index contributed by atoms with van der Waals surface area (Å²) in [5, 5.41) is 18.7. The Kier molecular flexibility index (Phi) is 4.35. The van der Waals surface area contributed by atoms with E-state index in [9.17, 15) is 14.7 Å². The van der Waals surface area contributed by atoms with E-state index in [0.717, 1.165) is 0 Å². The third-order valence-electron chi connectivity index (χ3n) is 2.93. The molecule has 1 aliphatic heterocycles. The number of aromatic nitrogens is 2. The van der Waals surface area contributed by atoms with Gasteiger partial charge in [0.2, 0.25) is 0 Å². The largest absolute Gasteiger partial charge is 0.394 e. The Morgan fingerprint density at radius 2 is 2.32 bits per heavy atom. The Labute approximate surface area is 116 Å². The van der Waals surface area contributed by atoms with Gasteiger partial charge in [-0.1, -0.05) is 15.9 Å². The van der Waals surface area contributed by atoms with Crippen molar-refractivity contribution >= 4 is 22.0 Å². The molecular weight excluding hydrogens is 320 g/mol. The van der Waals surface area contributed by atoms with Crippen molar-refractivity contribution in [3.8, 4) is 0 Å². The second kappa shape index (κ2) is 5.83. The maximum Gasteiger partial charge on any atom is 0.330 e. The van der Waals surface area contributed by atoms with Gasteiger partial charge < -0.3 is 14.9 Å². The molecular formula is C11H13BrN2O5. The van der Waals surface area contributed by atoms with Crippen LogP contribution in [0, 0.1) is 0 Å². The normalized spacial score (nSPS) is 27.2. The molecule has 0 unspecified atom stereocenters. The summed E-state index contributed by atoms with van der Waals surface area (Å²) in [5.74, 6) is 0.